The summed E-state index contributed by atoms with van der Waals surface area (Å²) in [7, 11) is 0. The summed E-state index contributed by atoms with van der Waals surface area (Å²) in [6.45, 7) is 4.49. The molecule has 3 N–H and O–H groups in total. The number of ether oxygens (including phenoxy) is 3. The molecule has 7 nitrogen and oxygen atoms in total. The molecule has 5 atom stereocenters. The third-order valence-electron chi connectivity index (χ3n) is 6.84. The molecule has 1 saturated heterocycles. The lowest BCUT2D eigenvalue weighted by molar-refractivity contribution is -0.301. The van der Waals surface area contributed by atoms with Crippen LogP contribution in [0.25, 0.3) is 0 Å². The first-order chi connectivity index (χ1) is 17.0. The summed E-state index contributed by atoms with van der Waals surface area (Å²) in [6.07, 6.45) is 15.1. The Balaban J connectivity index is 2.01. The van der Waals surface area contributed by atoms with E-state index in [1.54, 1.807) is 0 Å². The minimum Gasteiger partial charge on any atom is -0.463 e. The van der Waals surface area contributed by atoms with E-state index in [1.807, 2.05) is 6.92 Å². The molecule has 208 valence electrons. The zero-order valence-corrected chi connectivity index (χ0v) is 22.5. The van der Waals surface area contributed by atoms with Gasteiger partial charge in [-0.25, -0.2) is 0 Å². The van der Waals surface area contributed by atoms with Crippen molar-refractivity contribution >= 4 is 5.97 Å². The van der Waals surface area contributed by atoms with Gasteiger partial charge in [-0.1, -0.05) is 110 Å². The highest BCUT2D eigenvalue weighted by atomic mass is 16.7. The molecule has 0 saturated carbocycles. The summed E-state index contributed by atoms with van der Waals surface area (Å²) in [5, 5.41) is 30.2. The fraction of sp³-hybridized carbons (Fsp3) is 0.964. The van der Waals surface area contributed by atoms with Crippen molar-refractivity contribution in [3.63, 3.8) is 0 Å². The number of esters is 1. The second-order valence-electron chi connectivity index (χ2n) is 10.1. The predicted octanol–water partition coefficient (Wildman–Crippen LogP) is 5.42. The largest absolute Gasteiger partial charge is 0.463 e. The van der Waals surface area contributed by atoms with Crippen LogP contribution in [0.1, 0.15) is 129 Å². The molecule has 1 unspecified atom stereocenters. The second-order valence-corrected chi connectivity index (χ2v) is 10.1. The van der Waals surface area contributed by atoms with E-state index < -0.39 is 30.7 Å². The molecule has 0 bridgehead atoms. The Morgan fingerprint density at radius 3 is 1.66 bits per heavy atom. The summed E-state index contributed by atoms with van der Waals surface area (Å²) >= 11 is 0. The van der Waals surface area contributed by atoms with E-state index >= 15 is 0 Å². The normalized spacial score (nSPS) is 24.5. The molecular formula is C28H54O7. The van der Waals surface area contributed by atoms with Crippen LogP contribution in [-0.4, -0.2) is 65.2 Å². The average Bonchev–Trinajstić information content (AvgIpc) is 2.85. The number of hydrogen-bond acceptors (Lipinski definition) is 7. The van der Waals surface area contributed by atoms with Crippen LogP contribution in [-0.2, 0) is 19.0 Å². The zero-order chi connectivity index (χ0) is 25.7. The number of hydrogen-bond donors (Lipinski definition) is 3. The first kappa shape index (κ1) is 32.3. The summed E-state index contributed by atoms with van der Waals surface area (Å²) in [5.41, 5.74) is 0. The van der Waals surface area contributed by atoms with Crippen LogP contribution in [0.5, 0.6) is 0 Å². The summed E-state index contributed by atoms with van der Waals surface area (Å²) in [6, 6.07) is 0. The lowest BCUT2D eigenvalue weighted by Gasteiger charge is -2.39. The number of aliphatic hydroxyl groups excluding tert-OH is 3. The van der Waals surface area contributed by atoms with Gasteiger partial charge in [0.15, 0.2) is 6.29 Å². The van der Waals surface area contributed by atoms with E-state index in [9.17, 15) is 20.1 Å². The van der Waals surface area contributed by atoms with Gasteiger partial charge in [-0.05, 0) is 12.8 Å². The highest BCUT2D eigenvalue weighted by molar-refractivity contribution is 5.69. The van der Waals surface area contributed by atoms with Crippen molar-refractivity contribution < 1.29 is 34.3 Å². The minimum atomic E-state index is -1.41. The fourth-order valence-electron chi connectivity index (χ4n) is 4.42. The minimum absolute atomic E-state index is 0.170. The van der Waals surface area contributed by atoms with E-state index in [-0.39, 0.29) is 12.6 Å². The van der Waals surface area contributed by atoms with Crippen LogP contribution < -0.4 is 0 Å². The lowest BCUT2D eigenvalue weighted by atomic mass is 9.99. The molecule has 0 aliphatic carbocycles. The van der Waals surface area contributed by atoms with Crippen molar-refractivity contribution in [2.24, 2.45) is 0 Å². The number of unbranched alkanes of at least 4 members (excludes halogenated alkanes) is 15. The van der Waals surface area contributed by atoms with E-state index in [0.29, 0.717) is 13.0 Å². The van der Waals surface area contributed by atoms with Crippen LogP contribution in [0.2, 0.25) is 0 Å². The van der Waals surface area contributed by atoms with Crippen molar-refractivity contribution in [3.05, 3.63) is 0 Å². The highest BCUT2D eigenvalue weighted by Crippen LogP contribution is 2.23. The molecule has 0 aromatic carbocycles. The fourth-order valence-corrected chi connectivity index (χ4v) is 4.42. The SMILES string of the molecule is CCCCCCCCCCCCCCCCCC(=O)OC[C@H]1OC(OCCCC)[C@H](O)[C@@H](O)[C@@H]1O. The molecule has 0 radical (unpaired) electrons. The molecule has 35 heavy (non-hydrogen) atoms. The highest BCUT2D eigenvalue weighted by Gasteiger charge is 2.44. The van der Waals surface area contributed by atoms with E-state index in [2.05, 4.69) is 6.92 Å². The van der Waals surface area contributed by atoms with Crippen molar-refractivity contribution in [1.29, 1.82) is 0 Å². The quantitative estimate of drug-likeness (QED) is 0.134. The third kappa shape index (κ3) is 15.2. The van der Waals surface area contributed by atoms with Gasteiger partial charge in [-0.3, -0.25) is 4.79 Å². The summed E-state index contributed by atoms with van der Waals surface area (Å²) < 4.78 is 16.3. The van der Waals surface area contributed by atoms with Crippen LogP contribution in [0.15, 0.2) is 0 Å². The van der Waals surface area contributed by atoms with Crippen LogP contribution >= 0.6 is 0 Å². The average molecular weight is 503 g/mol. The van der Waals surface area contributed by atoms with Crippen LogP contribution in [0.3, 0.4) is 0 Å². The Morgan fingerprint density at radius 2 is 1.14 bits per heavy atom. The maximum atomic E-state index is 12.1. The van der Waals surface area contributed by atoms with Crippen molar-refractivity contribution in [2.45, 2.75) is 160 Å². The maximum Gasteiger partial charge on any atom is 0.305 e. The van der Waals surface area contributed by atoms with Gasteiger partial charge in [-0.15, -0.1) is 0 Å². The Bertz CT molecular complexity index is 502. The molecule has 1 aliphatic heterocycles. The van der Waals surface area contributed by atoms with E-state index in [0.717, 1.165) is 32.1 Å². The lowest BCUT2D eigenvalue weighted by Crippen LogP contribution is -2.59. The molecule has 0 spiro atoms. The number of carbonyl (C=O) groups excluding carboxylic acids is 1. The second kappa shape index (κ2) is 21.4. The molecule has 1 aliphatic rings. The van der Waals surface area contributed by atoms with Gasteiger partial charge in [0, 0.05) is 13.0 Å². The molecule has 1 fully saturated rings. The van der Waals surface area contributed by atoms with Crippen LogP contribution in [0.4, 0.5) is 0 Å². The van der Waals surface area contributed by atoms with Gasteiger partial charge in [0.05, 0.1) is 0 Å². The summed E-state index contributed by atoms with van der Waals surface area (Å²) in [4.78, 5) is 12.1. The molecule has 0 aromatic rings. The van der Waals surface area contributed by atoms with E-state index in [1.165, 1.54) is 77.0 Å². The molecule has 0 aromatic heterocycles. The van der Waals surface area contributed by atoms with Gasteiger partial charge < -0.3 is 29.5 Å². The Hall–Kier alpha value is -0.730. The molecular weight excluding hydrogens is 448 g/mol. The Labute approximate surface area is 213 Å². The first-order valence-corrected chi connectivity index (χ1v) is 14.5. The van der Waals surface area contributed by atoms with E-state index in [4.69, 9.17) is 14.2 Å². The monoisotopic (exact) mass is 502 g/mol. The van der Waals surface area contributed by atoms with Crippen molar-refractivity contribution in [1.82, 2.24) is 0 Å². The molecule has 7 heteroatoms. The predicted molar refractivity (Wildman–Crippen MR) is 138 cm³/mol. The van der Waals surface area contributed by atoms with Gasteiger partial charge in [-0.2, -0.15) is 0 Å². The third-order valence-corrected chi connectivity index (χ3v) is 6.84. The smallest absolute Gasteiger partial charge is 0.305 e. The molecule has 0 amide bonds. The van der Waals surface area contributed by atoms with Gasteiger partial charge in [0.1, 0.15) is 31.0 Å². The topological polar surface area (TPSA) is 105 Å². The van der Waals surface area contributed by atoms with Gasteiger partial charge >= 0.3 is 5.97 Å². The molecule has 1 rings (SSSR count). The Morgan fingerprint density at radius 1 is 0.657 bits per heavy atom. The standard InChI is InChI=1S/C28H54O7/c1-3-5-7-8-9-10-11-12-13-14-15-16-17-18-19-20-24(29)34-22-23-25(30)26(31)27(32)28(35-23)33-21-6-4-2/h23,25-28,30-32H,3-22H2,1-2H3/t23-,25-,26+,27-,28?/m1/s1. The van der Waals surface area contributed by atoms with Gasteiger partial charge in [0.25, 0.3) is 0 Å². The van der Waals surface area contributed by atoms with Crippen molar-refractivity contribution in [2.75, 3.05) is 13.2 Å². The van der Waals surface area contributed by atoms with Crippen molar-refractivity contribution in [3.8, 4) is 0 Å². The summed E-state index contributed by atoms with van der Waals surface area (Å²) in [5.74, 6) is -0.334. The number of rotatable bonds is 22. The Kier molecular flexibility index (Phi) is 19.7. The maximum absolute atomic E-state index is 12.1. The van der Waals surface area contributed by atoms with Crippen LogP contribution in [0, 0.1) is 0 Å². The number of aliphatic hydroxyl groups is 3. The zero-order valence-electron chi connectivity index (χ0n) is 22.5. The number of carbonyl (C=O) groups is 1. The molecule has 1 heterocycles. The first-order valence-electron chi connectivity index (χ1n) is 14.5. The van der Waals surface area contributed by atoms with Gasteiger partial charge in [0.2, 0.25) is 0 Å².